The molecule has 1 aromatic carbocycles. The second-order valence-electron chi connectivity index (χ2n) is 5.06. The Morgan fingerprint density at radius 3 is 2.79 bits per heavy atom. The van der Waals surface area contributed by atoms with Gasteiger partial charge in [0.05, 0.1) is 11.5 Å². The molecule has 1 heterocycles. The summed E-state index contributed by atoms with van der Waals surface area (Å²) in [6.45, 7) is 2.68. The van der Waals surface area contributed by atoms with Crippen LogP contribution in [0, 0.1) is 5.92 Å². The molecule has 0 radical (unpaired) electrons. The standard InChI is InChI=1S/C13H17Cl2NO2S/c1-9(12-6-11(14)2-3-13(12)15)16-7-10-4-5-19(17,18)8-10/h2-3,6,9-10,16H,4-5,7-8H2,1H3. The lowest BCUT2D eigenvalue weighted by molar-refractivity contribution is 0.476. The van der Waals surface area contributed by atoms with Gasteiger partial charge in [-0.15, -0.1) is 0 Å². The van der Waals surface area contributed by atoms with Crippen LogP contribution in [0.3, 0.4) is 0 Å². The molecule has 1 aliphatic heterocycles. The monoisotopic (exact) mass is 321 g/mol. The average Bonchev–Trinajstić information content (AvgIpc) is 2.69. The van der Waals surface area contributed by atoms with Gasteiger partial charge in [-0.05, 0) is 49.6 Å². The summed E-state index contributed by atoms with van der Waals surface area (Å²) in [4.78, 5) is 0. The highest BCUT2D eigenvalue weighted by Crippen LogP contribution is 2.27. The third-order valence-corrected chi connectivity index (χ3v) is 5.88. The lowest BCUT2D eigenvalue weighted by atomic mass is 10.1. The first-order chi connectivity index (χ1) is 8.87. The molecule has 106 valence electrons. The van der Waals surface area contributed by atoms with Crippen LogP contribution in [0.5, 0.6) is 0 Å². The molecule has 1 fully saturated rings. The first-order valence-corrected chi connectivity index (χ1v) is 8.84. The van der Waals surface area contributed by atoms with E-state index in [1.807, 2.05) is 13.0 Å². The van der Waals surface area contributed by atoms with Gasteiger partial charge in [-0.1, -0.05) is 23.2 Å². The van der Waals surface area contributed by atoms with Crippen molar-refractivity contribution in [2.75, 3.05) is 18.1 Å². The van der Waals surface area contributed by atoms with Crippen LogP contribution >= 0.6 is 23.2 Å². The first-order valence-electron chi connectivity index (χ1n) is 6.26. The number of hydrogen-bond donors (Lipinski definition) is 1. The van der Waals surface area contributed by atoms with Crippen molar-refractivity contribution in [3.05, 3.63) is 33.8 Å². The van der Waals surface area contributed by atoms with Gasteiger partial charge in [0.25, 0.3) is 0 Å². The topological polar surface area (TPSA) is 46.2 Å². The second-order valence-corrected chi connectivity index (χ2v) is 8.14. The molecule has 0 spiro atoms. The van der Waals surface area contributed by atoms with Gasteiger partial charge in [0.15, 0.2) is 9.84 Å². The number of rotatable bonds is 4. The number of halogens is 2. The fraction of sp³-hybridized carbons (Fsp3) is 0.538. The van der Waals surface area contributed by atoms with E-state index in [2.05, 4.69) is 5.32 Å². The predicted octanol–water partition coefficient (Wildman–Crippen LogP) is 3.08. The molecular formula is C13H17Cl2NO2S. The molecule has 0 aromatic heterocycles. The predicted molar refractivity (Wildman–Crippen MR) is 79.6 cm³/mol. The summed E-state index contributed by atoms with van der Waals surface area (Å²) < 4.78 is 22.8. The zero-order chi connectivity index (χ0) is 14.0. The van der Waals surface area contributed by atoms with Gasteiger partial charge in [-0.25, -0.2) is 8.42 Å². The number of hydrogen-bond acceptors (Lipinski definition) is 3. The third kappa shape index (κ3) is 4.09. The fourth-order valence-electron chi connectivity index (χ4n) is 2.33. The molecular weight excluding hydrogens is 305 g/mol. The molecule has 19 heavy (non-hydrogen) atoms. The van der Waals surface area contributed by atoms with E-state index in [-0.39, 0.29) is 17.7 Å². The normalized spacial score (nSPS) is 23.4. The summed E-state index contributed by atoms with van der Waals surface area (Å²) in [5, 5.41) is 4.66. The average molecular weight is 322 g/mol. The van der Waals surface area contributed by atoms with Crippen molar-refractivity contribution in [3.8, 4) is 0 Å². The molecule has 1 aromatic rings. The first kappa shape index (κ1) is 15.1. The highest BCUT2D eigenvalue weighted by atomic mass is 35.5. The van der Waals surface area contributed by atoms with Crippen LogP contribution in [0.15, 0.2) is 18.2 Å². The minimum absolute atomic E-state index is 0.0505. The van der Waals surface area contributed by atoms with Crippen molar-refractivity contribution in [1.82, 2.24) is 5.32 Å². The second kappa shape index (κ2) is 6.00. The Hall–Kier alpha value is -0.290. The largest absolute Gasteiger partial charge is 0.310 e. The molecule has 1 saturated heterocycles. The molecule has 0 amide bonds. The minimum atomic E-state index is -2.81. The number of benzene rings is 1. The van der Waals surface area contributed by atoms with Crippen LogP contribution in [-0.2, 0) is 9.84 Å². The molecule has 0 saturated carbocycles. The molecule has 6 heteroatoms. The van der Waals surface area contributed by atoms with Crippen molar-refractivity contribution in [3.63, 3.8) is 0 Å². The summed E-state index contributed by atoms with van der Waals surface area (Å²) in [7, 11) is -2.81. The van der Waals surface area contributed by atoms with E-state index in [0.717, 1.165) is 12.0 Å². The summed E-state index contributed by atoms with van der Waals surface area (Å²) in [5.74, 6) is 0.798. The summed E-state index contributed by atoms with van der Waals surface area (Å²) >= 11 is 12.1. The van der Waals surface area contributed by atoms with Gasteiger partial charge in [0, 0.05) is 16.1 Å². The van der Waals surface area contributed by atoms with Crippen LogP contribution in [0.25, 0.3) is 0 Å². The highest BCUT2D eigenvalue weighted by molar-refractivity contribution is 7.91. The van der Waals surface area contributed by atoms with Crippen molar-refractivity contribution >= 4 is 33.0 Å². The fourth-order valence-corrected chi connectivity index (χ4v) is 4.66. The molecule has 2 atom stereocenters. The zero-order valence-electron chi connectivity index (χ0n) is 10.7. The van der Waals surface area contributed by atoms with Crippen molar-refractivity contribution < 1.29 is 8.42 Å². The molecule has 1 N–H and O–H groups in total. The molecule has 3 nitrogen and oxygen atoms in total. The Kier molecular flexibility index (Phi) is 4.77. The van der Waals surface area contributed by atoms with Crippen LogP contribution in [0.1, 0.15) is 24.9 Å². The summed E-state index contributed by atoms with van der Waals surface area (Å²) in [5.41, 5.74) is 0.940. The van der Waals surface area contributed by atoms with Gasteiger partial charge in [-0.3, -0.25) is 0 Å². The number of nitrogens with one attached hydrogen (secondary N) is 1. The van der Waals surface area contributed by atoms with E-state index < -0.39 is 9.84 Å². The van der Waals surface area contributed by atoms with Crippen molar-refractivity contribution in [2.24, 2.45) is 5.92 Å². The molecule has 0 bridgehead atoms. The Balaban J connectivity index is 1.94. The summed E-state index contributed by atoms with van der Waals surface area (Å²) in [6.07, 6.45) is 0.741. The minimum Gasteiger partial charge on any atom is -0.310 e. The lowest BCUT2D eigenvalue weighted by Gasteiger charge is -2.18. The smallest absolute Gasteiger partial charge is 0.150 e. The lowest BCUT2D eigenvalue weighted by Crippen LogP contribution is -2.26. The van der Waals surface area contributed by atoms with Crippen LogP contribution in [0.2, 0.25) is 10.0 Å². The molecule has 2 rings (SSSR count). The third-order valence-electron chi connectivity index (χ3n) is 3.46. The maximum absolute atomic E-state index is 11.4. The van der Waals surface area contributed by atoms with Gasteiger partial charge >= 0.3 is 0 Å². The van der Waals surface area contributed by atoms with E-state index in [4.69, 9.17) is 23.2 Å². The quantitative estimate of drug-likeness (QED) is 0.927. The zero-order valence-corrected chi connectivity index (χ0v) is 13.0. The van der Waals surface area contributed by atoms with Crippen molar-refractivity contribution in [1.29, 1.82) is 0 Å². The van der Waals surface area contributed by atoms with E-state index in [1.165, 1.54) is 0 Å². The van der Waals surface area contributed by atoms with Gasteiger partial charge < -0.3 is 5.32 Å². The maximum atomic E-state index is 11.4. The Morgan fingerprint density at radius 1 is 1.42 bits per heavy atom. The number of sulfone groups is 1. The highest BCUT2D eigenvalue weighted by Gasteiger charge is 2.27. The molecule has 1 aliphatic rings. The van der Waals surface area contributed by atoms with Crippen LogP contribution in [-0.4, -0.2) is 26.5 Å². The van der Waals surface area contributed by atoms with Gasteiger partial charge in [0.1, 0.15) is 0 Å². The van der Waals surface area contributed by atoms with E-state index in [0.29, 0.717) is 22.3 Å². The maximum Gasteiger partial charge on any atom is 0.150 e. The van der Waals surface area contributed by atoms with E-state index in [1.54, 1.807) is 12.1 Å². The van der Waals surface area contributed by atoms with Gasteiger partial charge in [-0.2, -0.15) is 0 Å². The molecule has 0 aliphatic carbocycles. The van der Waals surface area contributed by atoms with Crippen LogP contribution < -0.4 is 5.32 Å². The van der Waals surface area contributed by atoms with E-state index in [9.17, 15) is 8.42 Å². The van der Waals surface area contributed by atoms with E-state index >= 15 is 0 Å². The van der Waals surface area contributed by atoms with Crippen LogP contribution in [0.4, 0.5) is 0 Å². The Morgan fingerprint density at radius 2 is 2.16 bits per heavy atom. The van der Waals surface area contributed by atoms with Gasteiger partial charge in [0.2, 0.25) is 0 Å². The Labute approximate surface area is 124 Å². The Bertz CT molecular complexity index is 560. The summed E-state index contributed by atoms with van der Waals surface area (Å²) in [6, 6.07) is 5.42. The van der Waals surface area contributed by atoms with Crippen molar-refractivity contribution in [2.45, 2.75) is 19.4 Å². The SMILES string of the molecule is CC(NCC1CCS(=O)(=O)C1)c1cc(Cl)ccc1Cl. The molecule has 2 unspecified atom stereocenters.